The SMILES string of the molecule is CCN=C=NCCCN(C)C.Cl.O=C(O)c1cc(Cl)ns1. The second-order valence-electron chi connectivity index (χ2n) is 3.93. The molecule has 6 nitrogen and oxygen atoms in total. The summed E-state index contributed by atoms with van der Waals surface area (Å²) < 4.78 is 3.56. The van der Waals surface area contributed by atoms with Crippen LogP contribution in [0.1, 0.15) is 23.0 Å². The molecule has 0 saturated heterocycles. The second-order valence-corrected chi connectivity index (χ2v) is 5.12. The van der Waals surface area contributed by atoms with Crippen molar-refractivity contribution in [2.45, 2.75) is 13.3 Å². The lowest BCUT2D eigenvalue weighted by Gasteiger charge is -2.05. The Bertz CT molecular complexity index is 460. The summed E-state index contributed by atoms with van der Waals surface area (Å²) in [5.41, 5.74) is 0. The smallest absolute Gasteiger partial charge is 0.347 e. The van der Waals surface area contributed by atoms with Crippen LogP contribution in [0.4, 0.5) is 0 Å². The number of carboxylic acid groups (broad SMARTS) is 1. The highest BCUT2D eigenvalue weighted by Crippen LogP contribution is 2.13. The molecule has 1 aromatic heterocycles. The van der Waals surface area contributed by atoms with E-state index in [9.17, 15) is 4.79 Å². The van der Waals surface area contributed by atoms with Gasteiger partial charge in [0.25, 0.3) is 0 Å². The zero-order valence-corrected chi connectivity index (χ0v) is 14.6. The minimum absolute atomic E-state index is 0. The molecule has 0 spiro atoms. The van der Waals surface area contributed by atoms with Crippen molar-refractivity contribution in [1.82, 2.24) is 9.27 Å². The van der Waals surface area contributed by atoms with Crippen LogP contribution in [0.25, 0.3) is 0 Å². The van der Waals surface area contributed by atoms with Crippen molar-refractivity contribution >= 4 is 47.5 Å². The molecule has 0 bridgehead atoms. The van der Waals surface area contributed by atoms with Crippen molar-refractivity contribution in [3.8, 4) is 0 Å². The number of carboxylic acids is 1. The zero-order chi connectivity index (χ0) is 15.4. The van der Waals surface area contributed by atoms with Crippen molar-refractivity contribution < 1.29 is 9.90 Å². The third-order valence-electron chi connectivity index (χ3n) is 1.87. The van der Waals surface area contributed by atoms with E-state index in [1.165, 1.54) is 6.07 Å². The highest BCUT2D eigenvalue weighted by Gasteiger charge is 2.05. The van der Waals surface area contributed by atoms with Crippen LogP contribution in [0.3, 0.4) is 0 Å². The fraction of sp³-hybridized carbons (Fsp3) is 0.583. The molecule has 1 N–H and O–H groups in total. The first-order valence-corrected chi connectivity index (χ1v) is 7.20. The topological polar surface area (TPSA) is 78.2 Å². The predicted octanol–water partition coefficient (Wildman–Crippen LogP) is 3.05. The zero-order valence-electron chi connectivity index (χ0n) is 12.2. The third kappa shape index (κ3) is 13.7. The number of halogens is 2. The minimum Gasteiger partial charge on any atom is -0.477 e. The molecule has 0 fully saturated rings. The number of hydrogen-bond donors (Lipinski definition) is 1. The highest BCUT2D eigenvalue weighted by molar-refractivity contribution is 7.08. The maximum atomic E-state index is 10.1. The molecule has 1 heterocycles. The van der Waals surface area contributed by atoms with E-state index in [1.807, 2.05) is 6.92 Å². The molecule has 0 aliphatic carbocycles. The number of rotatable bonds is 6. The van der Waals surface area contributed by atoms with Gasteiger partial charge in [0.1, 0.15) is 10.0 Å². The molecule has 1 rings (SSSR count). The van der Waals surface area contributed by atoms with E-state index < -0.39 is 5.97 Å². The molecule has 0 saturated carbocycles. The van der Waals surface area contributed by atoms with Crippen LogP contribution in [0.2, 0.25) is 5.15 Å². The molecule has 0 atom stereocenters. The molecule has 9 heteroatoms. The lowest BCUT2D eigenvalue weighted by atomic mass is 10.4. The second kappa shape index (κ2) is 14.0. The number of carbonyl (C=O) groups is 1. The van der Waals surface area contributed by atoms with Crippen molar-refractivity contribution in [3.63, 3.8) is 0 Å². The monoisotopic (exact) mass is 354 g/mol. The molecule has 0 radical (unpaired) electrons. The number of aromatic carboxylic acids is 1. The van der Waals surface area contributed by atoms with Gasteiger partial charge in [-0.05, 0) is 45.5 Å². The molecule has 1 aromatic rings. The largest absolute Gasteiger partial charge is 0.477 e. The van der Waals surface area contributed by atoms with Gasteiger partial charge in [0.05, 0.1) is 12.6 Å². The maximum Gasteiger partial charge on any atom is 0.347 e. The van der Waals surface area contributed by atoms with Crippen molar-refractivity contribution in [2.24, 2.45) is 9.98 Å². The average Bonchev–Trinajstić information content (AvgIpc) is 2.81. The van der Waals surface area contributed by atoms with Gasteiger partial charge in [-0.25, -0.2) is 14.8 Å². The Hall–Kier alpha value is -0.980. The van der Waals surface area contributed by atoms with Crippen LogP contribution in [0, 0.1) is 0 Å². The molecule has 120 valence electrons. The average molecular weight is 355 g/mol. The van der Waals surface area contributed by atoms with E-state index in [0.29, 0.717) is 0 Å². The van der Waals surface area contributed by atoms with Gasteiger partial charge in [-0.15, -0.1) is 12.4 Å². The highest BCUT2D eigenvalue weighted by atomic mass is 35.5. The van der Waals surface area contributed by atoms with E-state index >= 15 is 0 Å². The molecule has 0 aromatic carbocycles. The van der Waals surface area contributed by atoms with Crippen LogP contribution in [-0.4, -0.2) is 60.1 Å². The summed E-state index contributed by atoms with van der Waals surface area (Å²) in [5.74, 6) is -0.987. The fourth-order valence-corrected chi connectivity index (χ4v) is 1.75. The van der Waals surface area contributed by atoms with Crippen molar-refractivity contribution in [1.29, 1.82) is 0 Å². The van der Waals surface area contributed by atoms with Gasteiger partial charge in [-0.1, -0.05) is 11.6 Å². The van der Waals surface area contributed by atoms with Gasteiger partial charge in [0.2, 0.25) is 0 Å². The molecular formula is C12H20Cl2N4O2S. The summed E-state index contributed by atoms with van der Waals surface area (Å²) in [6.45, 7) is 4.67. The molecule has 0 aliphatic heterocycles. The van der Waals surface area contributed by atoms with E-state index in [4.69, 9.17) is 16.7 Å². The first-order chi connectivity index (χ1) is 9.47. The van der Waals surface area contributed by atoms with Gasteiger partial charge < -0.3 is 10.0 Å². The Balaban J connectivity index is 0. The number of hydrogen-bond acceptors (Lipinski definition) is 6. The summed E-state index contributed by atoms with van der Waals surface area (Å²) in [4.78, 5) is 20.3. The minimum atomic E-state index is -0.987. The Labute approximate surface area is 140 Å². The molecule has 0 aliphatic rings. The van der Waals surface area contributed by atoms with Gasteiger partial charge in [-0.3, -0.25) is 0 Å². The molecule has 21 heavy (non-hydrogen) atoms. The summed E-state index contributed by atoms with van der Waals surface area (Å²) >= 11 is 6.22. The molecular weight excluding hydrogens is 335 g/mol. The number of nitrogens with zero attached hydrogens (tertiary/aromatic N) is 4. The summed E-state index contributed by atoms with van der Waals surface area (Å²) in [5, 5.41) is 8.54. The molecule has 0 amide bonds. The van der Waals surface area contributed by atoms with Crippen molar-refractivity contribution in [3.05, 3.63) is 16.1 Å². The van der Waals surface area contributed by atoms with Crippen LogP contribution in [0.5, 0.6) is 0 Å². The lowest BCUT2D eigenvalue weighted by molar-refractivity contribution is 0.0702. The van der Waals surface area contributed by atoms with Crippen LogP contribution < -0.4 is 0 Å². The van der Waals surface area contributed by atoms with Crippen LogP contribution >= 0.6 is 35.5 Å². The fourth-order valence-electron chi connectivity index (χ4n) is 0.991. The standard InChI is InChI=1S/C8H17N3.C4H2ClNO2S.ClH/c1-4-9-8-10-6-5-7-11(2)3;5-3-1-2(4(7)8)9-6-3;/h4-7H2,1-3H3;1H,(H,7,8);1H. The van der Waals surface area contributed by atoms with E-state index in [1.54, 1.807) is 0 Å². The van der Waals surface area contributed by atoms with Gasteiger partial charge in [-0.2, -0.15) is 4.37 Å². The van der Waals surface area contributed by atoms with E-state index in [-0.39, 0.29) is 22.4 Å². The Morgan fingerprint density at radius 2 is 2.19 bits per heavy atom. The Morgan fingerprint density at radius 1 is 1.52 bits per heavy atom. The first-order valence-electron chi connectivity index (χ1n) is 6.05. The quantitative estimate of drug-likeness (QED) is 0.628. The maximum absolute atomic E-state index is 10.1. The first kappa shape index (κ1) is 22.3. The third-order valence-corrected chi connectivity index (χ3v) is 2.94. The van der Waals surface area contributed by atoms with E-state index in [2.05, 4.69) is 39.4 Å². The summed E-state index contributed by atoms with van der Waals surface area (Å²) in [6, 6.07) is 3.95. The van der Waals surface area contributed by atoms with Crippen LogP contribution in [-0.2, 0) is 0 Å². The normalized spacial score (nSPS) is 9.00. The molecule has 0 unspecified atom stereocenters. The predicted molar refractivity (Wildman–Crippen MR) is 89.8 cm³/mol. The van der Waals surface area contributed by atoms with Gasteiger partial charge >= 0.3 is 5.97 Å². The van der Waals surface area contributed by atoms with Gasteiger partial charge in [0.15, 0.2) is 0 Å². The van der Waals surface area contributed by atoms with E-state index in [0.717, 1.165) is 37.6 Å². The Kier molecular flexibility index (Phi) is 14.8. The summed E-state index contributed by atoms with van der Waals surface area (Å²) in [6.07, 6.45) is 1.08. The lowest BCUT2D eigenvalue weighted by Crippen LogP contribution is -2.13. The Morgan fingerprint density at radius 3 is 2.57 bits per heavy atom. The number of aliphatic imine (C=N–C) groups is 2. The van der Waals surface area contributed by atoms with Gasteiger partial charge in [0, 0.05) is 12.6 Å². The van der Waals surface area contributed by atoms with Crippen molar-refractivity contribution in [2.75, 3.05) is 33.7 Å². The summed E-state index contributed by atoms with van der Waals surface area (Å²) in [7, 11) is 4.12. The number of aromatic nitrogens is 1. The van der Waals surface area contributed by atoms with Crippen LogP contribution in [0.15, 0.2) is 16.1 Å².